The van der Waals surface area contributed by atoms with E-state index in [-0.39, 0.29) is 69.6 Å². The van der Waals surface area contributed by atoms with Gasteiger partial charge >= 0.3 is 11.9 Å². The molecule has 35 nitrogen and oxygen atoms in total. The van der Waals surface area contributed by atoms with Crippen LogP contribution >= 0.6 is 0 Å². The molecule has 0 aliphatic rings. The SMILES string of the molecule is CC(=O)O.CC(C)CC(NC(=O)C(CCCCN)NC(=O)C(CCC(N)=O)NC(=O)C(Cc1cnc[nH]1)NC(=O)C(Cc1cnc[nH]1)NC(=O)C(NC(=O)C(CCC(=O)O)NC(=O)C(N)Cc1ccc(O)cc1)C(C)C)C(=O)NC(C(=O)NC(Cc1ccccc1)C(=O)NC(Cc1ccccc1)C(=O)O)C(C)C. The van der Waals surface area contributed by atoms with Crippen LogP contribution in [0.5, 0.6) is 5.75 Å². The Balaban J connectivity index is 0.00000600. The summed E-state index contributed by atoms with van der Waals surface area (Å²) in [5, 5.41) is 63.1. The van der Waals surface area contributed by atoms with Crippen molar-refractivity contribution in [3.63, 3.8) is 0 Å². The van der Waals surface area contributed by atoms with Gasteiger partial charge < -0.3 is 101 Å². The van der Waals surface area contributed by atoms with Crippen LogP contribution in [0.2, 0.25) is 0 Å². The molecular formula is C73H103N17O18. The van der Waals surface area contributed by atoms with Crippen LogP contribution in [0.4, 0.5) is 0 Å². The molecule has 0 saturated heterocycles. The summed E-state index contributed by atoms with van der Waals surface area (Å²) in [6.45, 7) is 11.2. The zero-order valence-corrected chi connectivity index (χ0v) is 61.5. The third-order valence-electron chi connectivity index (χ3n) is 16.8. The lowest BCUT2D eigenvalue weighted by atomic mass is 9.98. The van der Waals surface area contributed by atoms with Gasteiger partial charge in [0, 0.05) is 69.2 Å². The number of carbonyl (C=O) groups is 14. The first-order valence-electron chi connectivity index (χ1n) is 35.4. The maximum absolute atomic E-state index is 14.8. The number of nitrogens with two attached hydrogens (primary N) is 3. The number of phenols is 1. The highest BCUT2D eigenvalue weighted by Crippen LogP contribution is 2.17. The molecule has 35 heteroatoms. The summed E-state index contributed by atoms with van der Waals surface area (Å²) in [5.74, 6) is -15.0. The number of carbonyl (C=O) groups excluding carboxylic acids is 11. The first kappa shape index (κ1) is 88.8. The molecule has 22 N–H and O–H groups in total. The van der Waals surface area contributed by atoms with E-state index in [9.17, 15) is 77.6 Å². The Hall–Kier alpha value is -11.6. The van der Waals surface area contributed by atoms with E-state index in [4.69, 9.17) is 27.1 Å². The van der Waals surface area contributed by atoms with Crippen LogP contribution in [0, 0.1) is 17.8 Å². The zero-order chi connectivity index (χ0) is 80.2. The number of imidazole rings is 2. The van der Waals surface area contributed by atoms with Gasteiger partial charge in [-0.2, -0.15) is 0 Å². The Kier molecular flexibility index (Phi) is 37.5. The standard InChI is InChI=1S/C71H99N17O16.C2H4O2/c1-39(2)29-52(68(100)88-60(41(5)6)69(101)84-53(31-42-15-9-7-10-16-42)65(97)86-56(71(103)104)32-43-17-11-8-12-18-43)82-62(94)49(19-13-14-28-72)80-63(95)50(24-26-57(74)90)81-66(98)54(33-45-35-75-37-77-45)83-67(99)55(34-46-36-76-38-78-46)85-70(102)59(40(3)4)87-64(96)51(25-27-58(91)92)79-61(93)48(73)30-44-20-22-47(89)23-21-44;1-2(3)4/h7-12,15-18,20-23,35-41,48-56,59-60,89H,13-14,19,24-34,72-73H2,1-6H3,(H2,74,90)(H,75,77)(H,76,78)(H,79,93)(H,80,95)(H,81,98)(H,82,94)(H,83,99)(H,84,101)(H,85,102)(H,86,97)(H,87,96)(H,88,100)(H,91,92)(H,103,104);1H3,(H,3,4). The predicted octanol–water partition coefficient (Wildman–Crippen LogP) is -0.680. The molecule has 2 aromatic heterocycles. The number of primary amides is 1. The summed E-state index contributed by atoms with van der Waals surface area (Å²) < 4.78 is 0. The van der Waals surface area contributed by atoms with E-state index >= 15 is 0 Å². The van der Waals surface area contributed by atoms with Crippen LogP contribution < -0.4 is 70.4 Å². The van der Waals surface area contributed by atoms with Gasteiger partial charge in [-0.15, -0.1) is 0 Å². The number of carboxylic acid groups (broad SMARTS) is 3. The molecule has 11 atom stereocenters. The van der Waals surface area contributed by atoms with Gasteiger partial charge in [0.15, 0.2) is 0 Å². The third kappa shape index (κ3) is 32.4. The predicted molar refractivity (Wildman–Crippen MR) is 392 cm³/mol. The Morgan fingerprint density at radius 3 is 1.19 bits per heavy atom. The maximum Gasteiger partial charge on any atom is 0.326 e. The highest BCUT2D eigenvalue weighted by molar-refractivity contribution is 5.99. The number of H-pyrrole nitrogens is 2. The van der Waals surface area contributed by atoms with Gasteiger partial charge in [0.1, 0.15) is 66.2 Å². The lowest BCUT2D eigenvalue weighted by molar-refractivity contribution is -0.142. The number of aromatic hydroxyl groups is 1. The second kappa shape index (κ2) is 45.7. The minimum atomic E-state index is -1.65. The molecule has 588 valence electrons. The summed E-state index contributed by atoms with van der Waals surface area (Å²) in [4.78, 5) is 203. The van der Waals surface area contributed by atoms with Crippen molar-refractivity contribution < 1.29 is 87.5 Å². The van der Waals surface area contributed by atoms with Gasteiger partial charge in [-0.05, 0) is 98.1 Å². The Labute approximate surface area is 624 Å². The van der Waals surface area contributed by atoms with E-state index in [1.165, 1.54) is 37.2 Å². The number of nitrogens with zero attached hydrogens (tertiary/aromatic N) is 2. The normalized spacial score (nSPS) is 14.1. The number of aliphatic carboxylic acids is 3. The van der Waals surface area contributed by atoms with Gasteiger partial charge in [-0.1, -0.05) is 114 Å². The van der Waals surface area contributed by atoms with E-state index in [1.807, 2.05) is 0 Å². The van der Waals surface area contributed by atoms with Crippen LogP contribution in [-0.2, 0) is 99.2 Å². The van der Waals surface area contributed by atoms with Gasteiger partial charge in [0.25, 0.3) is 5.97 Å². The minimum absolute atomic E-state index is 0.00518. The lowest BCUT2D eigenvalue weighted by Crippen LogP contribution is -2.62. The molecule has 5 aromatic rings. The second-order valence-corrected chi connectivity index (χ2v) is 27.1. The van der Waals surface area contributed by atoms with Crippen molar-refractivity contribution >= 4 is 82.9 Å². The molecule has 11 unspecified atom stereocenters. The quantitative estimate of drug-likeness (QED) is 0.0215. The number of unbranched alkanes of at least 4 members (excludes halogenated alkanes) is 1. The summed E-state index contributed by atoms with van der Waals surface area (Å²) in [5.41, 5.74) is 20.1. The number of aromatic amines is 2. The number of hydrogen-bond donors (Lipinski definition) is 19. The Morgan fingerprint density at radius 1 is 0.426 bits per heavy atom. The number of hydrogen-bond acceptors (Lipinski definition) is 19. The fourth-order valence-electron chi connectivity index (χ4n) is 11.0. The summed E-state index contributed by atoms with van der Waals surface area (Å²) in [7, 11) is 0. The zero-order valence-electron chi connectivity index (χ0n) is 61.5. The smallest absolute Gasteiger partial charge is 0.326 e. The maximum atomic E-state index is 14.8. The second-order valence-electron chi connectivity index (χ2n) is 27.1. The molecular weight excluding hydrogens is 1400 g/mol. The topological polar surface area (TPSA) is 576 Å². The fourth-order valence-corrected chi connectivity index (χ4v) is 11.0. The molecule has 108 heavy (non-hydrogen) atoms. The van der Waals surface area contributed by atoms with Crippen LogP contribution in [0.15, 0.2) is 110 Å². The van der Waals surface area contributed by atoms with Crippen LogP contribution in [-0.4, -0.2) is 196 Å². The summed E-state index contributed by atoms with van der Waals surface area (Å²) >= 11 is 0. The minimum Gasteiger partial charge on any atom is -0.508 e. The van der Waals surface area contributed by atoms with Gasteiger partial charge in [0.05, 0.1) is 18.7 Å². The van der Waals surface area contributed by atoms with E-state index in [1.54, 1.807) is 114 Å². The average Bonchev–Trinajstić information content (AvgIpc) is 0.951. The number of benzene rings is 3. The van der Waals surface area contributed by atoms with Crippen LogP contribution in [0.25, 0.3) is 0 Å². The first-order valence-corrected chi connectivity index (χ1v) is 35.4. The van der Waals surface area contributed by atoms with Crippen molar-refractivity contribution in [1.29, 1.82) is 0 Å². The molecule has 0 spiro atoms. The summed E-state index contributed by atoms with van der Waals surface area (Å²) in [6, 6.07) is 7.35. The van der Waals surface area contributed by atoms with Crippen LogP contribution in [0.3, 0.4) is 0 Å². The monoisotopic (exact) mass is 1510 g/mol. The van der Waals surface area contributed by atoms with Crippen molar-refractivity contribution in [2.75, 3.05) is 6.54 Å². The van der Waals surface area contributed by atoms with E-state index < -0.39 is 187 Å². The number of nitrogens with one attached hydrogen (secondary N) is 12. The number of amides is 11. The van der Waals surface area contributed by atoms with Crippen LogP contribution in [0.1, 0.15) is 128 Å². The molecule has 0 saturated carbocycles. The van der Waals surface area contributed by atoms with E-state index in [0.29, 0.717) is 34.5 Å². The van der Waals surface area contributed by atoms with Gasteiger partial charge in [0.2, 0.25) is 65.0 Å². The molecule has 2 heterocycles. The lowest BCUT2D eigenvalue weighted by Gasteiger charge is -2.29. The van der Waals surface area contributed by atoms with Gasteiger partial charge in [-0.25, -0.2) is 14.8 Å². The van der Waals surface area contributed by atoms with E-state index in [0.717, 1.165) is 6.92 Å². The molecule has 0 aliphatic carbocycles. The third-order valence-corrected chi connectivity index (χ3v) is 16.8. The Morgan fingerprint density at radius 2 is 0.787 bits per heavy atom. The number of aromatic nitrogens is 4. The summed E-state index contributed by atoms with van der Waals surface area (Å²) in [6.07, 6.45) is 3.19. The van der Waals surface area contributed by atoms with Crippen molar-refractivity contribution in [2.24, 2.45) is 35.0 Å². The fraction of sp³-hybridized carbons (Fsp3) is 0.479. The van der Waals surface area contributed by atoms with E-state index in [2.05, 4.69) is 73.1 Å². The van der Waals surface area contributed by atoms with Crippen molar-refractivity contribution in [3.05, 3.63) is 138 Å². The van der Waals surface area contributed by atoms with Crippen molar-refractivity contribution in [2.45, 2.75) is 198 Å². The first-order chi connectivity index (χ1) is 51.1. The molecule has 3 aromatic carbocycles. The highest BCUT2D eigenvalue weighted by atomic mass is 16.4. The Bertz CT molecular complexity index is 3750. The number of carboxylic acids is 3. The molecule has 5 rings (SSSR count). The largest absolute Gasteiger partial charge is 0.508 e. The van der Waals surface area contributed by atoms with Crippen molar-refractivity contribution in [3.8, 4) is 5.75 Å². The molecule has 0 fully saturated rings. The molecule has 0 aliphatic heterocycles. The molecule has 11 amide bonds. The number of rotatable bonds is 45. The molecule has 0 radical (unpaired) electrons. The highest BCUT2D eigenvalue weighted by Gasteiger charge is 2.38. The number of phenolic OH excluding ortho intramolecular Hbond substituents is 1. The molecule has 0 bridgehead atoms. The van der Waals surface area contributed by atoms with Gasteiger partial charge in [-0.3, -0.25) is 62.3 Å². The van der Waals surface area contributed by atoms with Crippen molar-refractivity contribution in [1.82, 2.24) is 73.1 Å². The average molecular weight is 1510 g/mol.